The number of hydrogen-bond acceptors (Lipinski definition) is 3. The van der Waals surface area contributed by atoms with Crippen molar-refractivity contribution in [3.63, 3.8) is 0 Å². The molecule has 0 aliphatic heterocycles. The van der Waals surface area contributed by atoms with Crippen LogP contribution in [0, 0.1) is 6.92 Å². The van der Waals surface area contributed by atoms with Crippen LogP contribution in [0.4, 0.5) is 13.2 Å². The van der Waals surface area contributed by atoms with Gasteiger partial charge in [-0.1, -0.05) is 0 Å². The van der Waals surface area contributed by atoms with Gasteiger partial charge in [-0.15, -0.1) is 0 Å². The van der Waals surface area contributed by atoms with Crippen molar-refractivity contribution >= 4 is 11.0 Å². The smallest absolute Gasteiger partial charge is 0.416 e. The van der Waals surface area contributed by atoms with Gasteiger partial charge in [0.25, 0.3) is 5.56 Å². The van der Waals surface area contributed by atoms with Crippen LogP contribution in [0.5, 0.6) is 11.5 Å². The molecule has 0 unspecified atom stereocenters. The van der Waals surface area contributed by atoms with Crippen LogP contribution in [0.15, 0.2) is 59.4 Å². The van der Waals surface area contributed by atoms with Gasteiger partial charge < -0.3 is 9.30 Å². The minimum absolute atomic E-state index is 0.158. The van der Waals surface area contributed by atoms with E-state index in [4.69, 9.17) is 4.74 Å². The molecule has 2 heterocycles. The maximum absolute atomic E-state index is 12.7. The molecular formula is C21H16F3N3O2. The summed E-state index contributed by atoms with van der Waals surface area (Å²) in [5.74, 6) is 0.741. The third-order valence-corrected chi connectivity index (χ3v) is 4.57. The maximum Gasteiger partial charge on any atom is 0.416 e. The molecule has 0 saturated heterocycles. The lowest BCUT2D eigenvalue weighted by atomic mass is 10.1. The van der Waals surface area contributed by atoms with E-state index in [-0.39, 0.29) is 11.3 Å². The molecule has 5 nitrogen and oxygen atoms in total. The van der Waals surface area contributed by atoms with Crippen LogP contribution >= 0.6 is 0 Å². The molecule has 0 spiro atoms. The molecule has 8 heteroatoms. The number of alkyl halides is 3. The normalized spacial score (nSPS) is 11.8. The van der Waals surface area contributed by atoms with Gasteiger partial charge in [-0.25, -0.2) is 0 Å². The quantitative estimate of drug-likeness (QED) is 0.525. The van der Waals surface area contributed by atoms with E-state index in [1.165, 1.54) is 22.8 Å². The molecule has 0 atom stereocenters. The Hall–Kier alpha value is -3.55. The minimum atomic E-state index is -4.40. The Kier molecular flexibility index (Phi) is 4.41. The molecule has 29 heavy (non-hydrogen) atoms. The van der Waals surface area contributed by atoms with Crippen molar-refractivity contribution in [1.29, 1.82) is 0 Å². The average Bonchev–Trinajstić information content (AvgIpc) is 3.09. The average molecular weight is 399 g/mol. The van der Waals surface area contributed by atoms with E-state index in [1.807, 2.05) is 13.0 Å². The van der Waals surface area contributed by atoms with Gasteiger partial charge in [0, 0.05) is 18.7 Å². The van der Waals surface area contributed by atoms with Crippen molar-refractivity contribution in [1.82, 2.24) is 14.8 Å². The van der Waals surface area contributed by atoms with Gasteiger partial charge in [-0.3, -0.25) is 9.89 Å². The van der Waals surface area contributed by atoms with Crippen molar-refractivity contribution < 1.29 is 17.9 Å². The zero-order valence-corrected chi connectivity index (χ0v) is 15.5. The fraction of sp³-hybridized carbons (Fsp3) is 0.143. The molecule has 0 bridgehead atoms. The Morgan fingerprint density at radius 3 is 2.41 bits per heavy atom. The Labute approximate surface area is 163 Å². The Balaban J connectivity index is 1.72. The monoisotopic (exact) mass is 399 g/mol. The second-order valence-electron chi connectivity index (χ2n) is 6.72. The van der Waals surface area contributed by atoms with E-state index in [0.717, 1.165) is 23.3 Å². The first-order valence-electron chi connectivity index (χ1n) is 8.74. The maximum atomic E-state index is 12.7. The summed E-state index contributed by atoms with van der Waals surface area (Å²) in [6.07, 6.45) is -4.40. The summed E-state index contributed by atoms with van der Waals surface area (Å²) in [6, 6.07) is 13.0. The van der Waals surface area contributed by atoms with Gasteiger partial charge in [-0.2, -0.15) is 18.3 Å². The van der Waals surface area contributed by atoms with Crippen molar-refractivity contribution in [3.05, 3.63) is 76.1 Å². The third-order valence-electron chi connectivity index (χ3n) is 4.57. The molecular weight excluding hydrogens is 383 g/mol. The van der Waals surface area contributed by atoms with E-state index in [0.29, 0.717) is 22.5 Å². The summed E-state index contributed by atoms with van der Waals surface area (Å²) >= 11 is 0. The van der Waals surface area contributed by atoms with Crippen LogP contribution in [-0.4, -0.2) is 14.8 Å². The highest BCUT2D eigenvalue weighted by molar-refractivity contribution is 5.90. The number of pyridine rings is 1. The highest BCUT2D eigenvalue weighted by Gasteiger charge is 2.30. The summed E-state index contributed by atoms with van der Waals surface area (Å²) in [6.45, 7) is 1.87. The largest absolute Gasteiger partial charge is 0.457 e. The van der Waals surface area contributed by atoms with Crippen molar-refractivity contribution in [2.45, 2.75) is 13.1 Å². The highest BCUT2D eigenvalue weighted by Crippen LogP contribution is 2.33. The molecule has 1 N–H and O–H groups in total. The third kappa shape index (κ3) is 3.61. The van der Waals surface area contributed by atoms with Crippen LogP contribution in [-0.2, 0) is 13.2 Å². The SMILES string of the molecule is Cc1cc(Oc2ccc(C(F)(F)F)cc2)cc(-c2n[nH]c3ccc(=O)n(C)c23)c1. The van der Waals surface area contributed by atoms with E-state index in [1.54, 1.807) is 25.2 Å². The lowest BCUT2D eigenvalue weighted by molar-refractivity contribution is -0.137. The first kappa shape index (κ1) is 18.8. The molecule has 0 saturated carbocycles. The van der Waals surface area contributed by atoms with Gasteiger partial charge in [0.2, 0.25) is 0 Å². The standard InChI is InChI=1S/C21H16F3N3O2/c1-12-9-13(19-20-17(25-26-19)7-8-18(28)27(20)2)11-16(10-12)29-15-5-3-14(4-6-15)21(22,23)24/h3-11H,1-2H3,(H,25,26). The van der Waals surface area contributed by atoms with Crippen LogP contribution in [0.1, 0.15) is 11.1 Å². The molecule has 0 aliphatic carbocycles. The first-order chi connectivity index (χ1) is 13.7. The van der Waals surface area contributed by atoms with Crippen LogP contribution in [0.3, 0.4) is 0 Å². The number of rotatable bonds is 3. The highest BCUT2D eigenvalue weighted by atomic mass is 19.4. The molecule has 0 aliphatic rings. The number of hydrogen-bond donors (Lipinski definition) is 1. The number of benzene rings is 2. The Morgan fingerprint density at radius 2 is 1.72 bits per heavy atom. The molecule has 2 aromatic heterocycles. The zero-order chi connectivity index (χ0) is 20.8. The van der Waals surface area contributed by atoms with Crippen LogP contribution in [0.2, 0.25) is 0 Å². The number of ether oxygens (including phenoxy) is 1. The van der Waals surface area contributed by atoms with Gasteiger partial charge >= 0.3 is 6.18 Å². The van der Waals surface area contributed by atoms with E-state index in [2.05, 4.69) is 10.2 Å². The van der Waals surface area contributed by atoms with Crippen LogP contribution < -0.4 is 10.3 Å². The van der Waals surface area contributed by atoms with Gasteiger partial charge in [0.05, 0.1) is 16.6 Å². The summed E-state index contributed by atoms with van der Waals surface area (Å²) in [7, 11) is 1.67. The molecule has 148 valence electrons. The molecule has 4 aromatic rings. The van der Waals surface area contributed by atoms with E-state index >= 15 is 0 Å². The number of nitrogens with zero attached hydrogens (tertiary/aromatic N) is 2. The van der Waals surface area contributed by atoms with E-state index < -0.39 is 11.7 Å². The predicted molar refractivity (Wildman–Crippen MR) is 103 cm³/mol. The molecule has 0 amide bonds. The summed E-state index contributed by atoms with van der Waals surface area (Å²) in [5, 5.41) is 7.24. The summed E-state index contributed by atoms with van der Waals surface area (Å²) in [4.78, 5) is 12.0. The Morgan fingerprint density at radius 1 is 1.00 bits per heavy atom. The summed E-state index contributed by atoms with van der Waals surface area (Å²) in [5.41, 5.74) is 2.66. The second-order valence-corrected chi connectivity index (χ2v) is 6.72. The fourth-order valence-electron chi connectivity index (χ4n) is 3.17. The predicted octanol–water partition coefficient (Wildman–Crippen LogP) is 5.05. The number of halogens is 3. The number of H-pyrrole nitrogens is 1. The molecule has 4 rings (SSSR count). The van der Waals surface area contributed by atoms with E-state index in [9.17, 15) is 18.0 Å². The van der Waals surface area contributed by atoms with Gasteiger partial charge in [-0.05, 0) is 61.0 Å². The number of aromatic nitrogens is 3. The first-order valence-corrected chi connectivity index (χ1v) is 8.74. The number of fused-ring (bicyclic) bond motifs is 1. The molecule has 2 aromatic carbocycles. The van der Waals surface area contributed by atoms with Gasteiger partial charge in [0.15, 0.2) is 0 Å². The molecule has 0 fully saturated rings. The number of nitrogens with one attached hydrogen (secondary N) is 1. The van der Waals surface area contributed by atoms with Crippen molar-refractivity contribution in [2.24, 2.45) is 7.05 Å². The van der Waals surface area contributed by atoms with Crippen molar-refractivity contribution in [3.8, 4) is 22.8 Å². The van der Waals surface area contributed by atoms with Crippen LogP contribution in [0.25, 0.3) is 22.3 Å². The zero-order valence-electron chi connectivity index (χ0n) is 15.5. The minimum Gasteiger partial charge on any atom is -0.457 e. The summed E-state index contributed by atoms with van der Waals surface area (Å²) < 4.78 is 45.4. The second kappa shape index (κ2) is 6.80. The van der Waals surface area contributed by atoms with Gasteiger partial charge in [0.1, 0.15) is 17.2 Å². The lowest BCUT2D eigenvalue weighted by Crippen LogP contribution is -2.14. The topological polar surface area (TPSA) is 59.9 Å². The molecule has 0 radical (unpaired) electrons. The van der Waals surface area contributed by atoms with Crippen molar-refractivity contribution in [2.75, 3.05) is 0 Å². The fourth-order valence-corrected chi connectivity index (χ4v) is 3.17. The number of aromatic amines is 1. The lowest BCUT2D eigenvalue weighted by Gasteiger charge is -2.11. The Bertz CT molecular complexity index is 1260. The number of aryl methyl sites for hydroxylation is 2.